The van der Waals surface area contributed by atoms with E-state index in [-0.39, 0.29) is 17.3 Å². The van der Waals surface area contributed by atoms with Crippen LogP contribution in [0.15, 0.2) is 73.1 Å². The maximum Gasteiger partial charge on any atom is 0.305 e. The summed E-state index contributed by atoms with van der Waals surface area (Å²) in [5.41, 5.74) is 3.27. The van der Waals surface area contributed by atoms with Crippen molar-refractivity contribution < 1.29 is 9.18 Å². The number of allylic oxidation sites excluding steroid dienone is 1. The van der Waals surface area contributed by atoms with Gasteiger partial charge in [0.15, 0.2) is 0 Å². The summed E-state index contributed by atoms with van der Waals surface area (Å²) in [6, 6.07) is 19.2. The van der Waals surface area contributed by atoms with Gasteiger partial charge in [-0.05, 0) is 47.2 Å². The molecule has 0 saturated heterocycles. The van der Waals surface area contributed by atoms with Crippen molar-refractivity contribution in [3.8, 4) is 12.6 Å². The fourth-order valence-electron chi connectivity index (χ4n) is 3.49. The quantitative estimate of drug-likeness (QED) is 0.441. The van der Waals surface area contributed by atoms with Crippen LogP contribution < -0.4 is 10.6 Å². The van der Waals surface area contributed by atoms with E-state index in [4.69, 9.17) is 11.8 Å². The minimum atomic E-state index is -0.666. The van der Waals surface area contributed by atoms with Gasteiger partial charge in [0, 0.05) is 24.4 Å². The van der Waals surface area contributed by atoms with E-state index in [0.717, 1.165) is 11.1 Å². The summed E-state index contributed by atoms with van der Waals surface area (Å²) in [6.07, 6.45) is 3.59. The van der Waals surface area contributed by atoms with Crippen LogP contribution in [0.3, 0.4) is 0 Å². The molecule has 0 fully saturated rings. The molecule has 2 N–H and O–H groups in total. The summed E-state index contributed by atoms with van der Waals surface area (Å²) in [7, 11) is 1.63. The molecule has 2 aromatic carbocycles. The van der Waals surface area contributed by atoms with Gasteiger partial charge in [0.25, 0.3) is 0 Å². The molecule has 0 aliphatic carbocycles. The predicted molar refractivity (Wildman–Crippen MR) is 135 cm³/mol. The average molecular weight is 470 g/mol. The number of benzene rings is 2. The number of hydrogen-bond donors (Lipinski definition) is 2. The van der Waals surface area contributed by atoms with Gasteiger partial charge in [0.1, 0.15) is 17.7 Å². The van der Waals surface area contributed by atoms with Crippen LogP contribution in [0.1, 0.15) is 35.2 Å². The van der Waals surface area contributed by atoms with Crippen LogP contribution >= 0.6 is 0 Å². The zero-order valence-electron chi connectivity index (χ0n) is 19.6. The van der Waals surface area contributed by atoms with E-state index in [1.165, 1.54) is 17.3 Å². The monoisotopic (exact) mass is 469 g/mol. The van der Waals surface area contributed by atoms with Gasteiger partial charge in [-0.3, -0.25) is 4.79 Å². The molecule has 0 saturated carbocycles. The van der Waals surface area contributed by atoms with Crippen molar-refractivity contribution in [2.24, 2.45) is 0 Å². The highest BCUT2D eigenvalue weighted by Gasteiger charge is 2.21. The van der Waals surface area contributed by atoms with Gasteiger partial charge in [0.2, 0.25) is 5.91 Å². The van der Waals surface area contributed by atoms with Crippen LogP contribution in [-0.4, -0.2) is 29.5 Å². The van der Waals surface area contributed by atoms with Gasteiger partial charge in [-0.1, -0.05) is 42.5 Å². The first-order chi connectivity index (χ1) is 16.9. The van der Waals surface area contributed by atoms with E-state index in [2.05, 4.69) is 26.6 Å². The first kappa shape index (κ1) is 25.1. The lowest BCUT2D eigenvalue weighted by Gasteiger charge is -2.19. The van der Waals surface area contributed by atoms with Crippen molar-refractivity contribution in [3.05, 3.63) is 106 Å². The second-order valence-electron chi connectivity index (χ2n) is 7.90. The standard InChI is InChI=1S/C27H25FN6O/c1-19(18-34(3)30-2)23-17-32-25(15-24(23)28)33-27(35)26(22-7-5-4-6-8-22)31-14-13-20-9-11-21(16-29)12-10-20/h2,4-12,15,17-18,26,31H,13-14H2,1,3H3/p+1/b19-18+/t26-/m0/s1. The van der Waals surface area contributed by atoms with Gasteiger partial charge in [-0.15, -0.1) is 0 Å². The van der Waals surface area contributed by atoms with Crippen LogP contribution in [-0.2, 0) is 11.2 Å². The largest absolute Gasteiger partial charge is 0.309 e. The normalized spacial score (nSPS) is 11.7. The third kappa shape index (κ3) is 6.97. The van der Waals surface area contributed by atoms with Crippen molar-refractivity contribution in [1.29, 1.82) is 5.26 Å². The van der Waals surface area contributed by atoms with Crippen LogP contribution in [0.5, 0.6) is 0 Å². The summed E-state index contributed by atoms with van der Waals surface area (Å²) in [4.78, 5) is 20.8. The summed E-state index contributed by atoms with van der Waals surface area (Å²) in [5.74, 6) is -0.778. The van der Waals surface area contributed by atoms with Crippen molar-refractivity contribution in [2.75, 3.05) is 18.9 Å². The molecule has 0 unspecified atom stereocenters. The Morgan fingerprint density at radius 2 is 1.97 bits per heavy atom. The van der Waals surface area contributed by atoms with E-state index in [1.807, 2.05) is 42.5 Å². The lowest BCUT2D eigenvalue weighted by Crippen LogP contribution is -2.34. The number of carbonyl (C=O) groups excluding carboxylic acids is 1. The molecule has 0 aliphatic rings. The topological polar surface area (TPSA) is 85.4 Å². The number of pyridine rings is 1. The molecular formula is C27H26FN6O+. The first-order valence-electron chi connectivity index (χ1n) is 11.0. The Kier molecular flexibility index (Phi) is 8.66. The predicted octanol–water partition coefficient (Wildman–Crippen LogP) is 4.77. The highest BCUT2D eigenvalue weighted by molar-refractivity contribution is 5.94. The average Bonchev–Trinajstić information content (AvgIpc) is 2.87. The Morgan fingerprint density at radius 3 is 2.60 bits per heavy atom. The number of rotatable bonds is 9. The van der Waals surface area contributed by atoms with Gasteiger partial charge < -0.3 is 10.6 Å². The number of anilines is 1. The Balaban J connectivity index is 1.72. The Labute approximate surface area is 204 Å². The molecular weight excluding hydrogens is 443 g/mol. The van der Waals surface area contributed by atoms with Crippen molar-refractivity contribution >= 4 is 17.3 Å². The zero-order chi connectivity index (χ0) is 25.2. The summed E-state index contributed by atoms with van der Waals surface area (Å²) >= 11 is 0. The van der Waals surface area contributed by atoms with Gasteiger partial charge in [-0.25, -0.2) is 9.37 Å². The fourth-order valence-corrected chi connectivity index (χ4v) is 3.49. The third-order valence-electron chi connectivity index (χ3n) is 5.33. The number of carbonyl (C=O) groups is 1. The lowest BCUT2D eigenvalue weighted by atomic mass is 10.0. The molecule has 1 aromatic heterocycles. The molecule has 0 radical (unpaired) electrons. The molecule has 7 nitrogen and oxygen atoms in total. The lowest BCUT2D eigenvalue weighted by molar-refractivity contribution is -0.118. The molecule has 0 bridgehead atoms. The maximum absolute atomic E-state index is 14.7. The number of nitriles is 1. The van der Waals surface area contributed by atoms with Gasteiger partial charge in [-0.2, -0.15) is 5.26 Å². The van der Waals surface area contributed by atoms with E-state index < -0.39 is 11.9 Å². The van der Waals surface area contributed by atoms with Crippen molar-refractivity contribution in [1.82, 2.24) is 15.3 Å². The highest BCUT2D eigenvalue weighted by Crippen LogP contribution is 2.21. The minimum absolute atomic E-state index is 0.107. The Morgan fingerprint density at radius 1 is 1.26 bits per heavy atom. The molecule has 35 heavy (non-hydrogen) atoms. The summed E-state index contributed by atoms with van der Waals surface area (Å²) in [5, 5.41) is 16.3. The summed E-state index contributed by atoms with van der Waals surface area (Å²) in [6.45, 7) is 7.43. The maximum atomic E-state index is 14.7. The number of nitrogens with zero attached hydrogens (tertiary/aromatic N) is 4. The second kappa shape index (κ2) is 12.1. The van der Waals surface area contributed by atoms with Crippen LogP contribution in [0.2, 0.25) is 0 Å². The molecule has 1 amide bonds. The van der Waals surface area contributed by atoms with Crippen molar-refractivity contribution in [3.63, 3.8) is 0 Å². The van der Waals surface area contributed by atoms with E-state index in [1.54, 1.807) is 32.3 Å². The number of amides is 1. The molecule has 0 spiro atoms. The molecule has 1 heterocycles. The van der Waals surface area contributed by atoms with Crippen LogP contribution in [0.25, 0.3) is 10.5 Å². The number of hydrogen-bond acceptors (Lipinski definition) is 5. The van der Waals surface area contributed by atoms with E-state index in [9.17, 15) is 9.18 Å². The van der Waals surface area contributed by atoms with Gasteiger partial charge >= 0.3 is 6.57 Å². The minimum Gasteiger partial charge on any atom is -0.309 e. The molecule has 3 rings (SSSR count). The highest BCUT2D eigenvalue weighted by atomic mass is 19.1. The van der Waals surface area contributed by atoms with Gasteiger partial charge in [0.05, 0.1) is 29.8 Å². The molecule has 3 aromatic rings. The zero-order valence-corrected chi connectivity index (χ0v) is 19.6. The van der Waals surface area contributed by atoms with Crippen molar-refractivity contribution in [2.45, 2.75) is 19.4 Å². The molecule has 1 atom stereocenters. The van der Waals surface area contributed by atoms with E-state index in [0.29, 0.717) is 24.1 Å². The number of nitrogens with one attached hydrogen (secondary N) is 2. The molecule has 0 aliphatic heterocycles. The number of halogens is 1. The third-order valence-corrected chi connectivity index (χ3v) is 5.33. The Bertz CT molecular complexity index is 1280. The Hall–Kier alpha value is -4.53. The second-order valence-corrected chi connectivity index (χ2v) is 7.90. The molecule has 8 heteroatoms. The van der Waals surface area contributed by atoms with Crippen LogP contribution in [0, 0.1) is 23.7 Å². The first-order valence-corrected chi connectivity index (χ1v) is 11.0. The molecule has 176 valence electrons. The van der Waals surface area contributed by atoms with E-state index >= 15 is 0 Å². The smallest absolute Gasteiger partial charge is 0.305 e. The SMILES string of the molecule is C#[N+]N(C)/C=C(\C)c1cnc(NC(=O)[C@@H](NCCc2ccc(C#N)cc2)c2ccccc2)cc1F. The number of aromatic nitrogens is 1. The summed E-state index contributed by atoms with van der Waals surface area (Å²) < 4.78 is 14.7. The van der Waals surface area contributed by atoms with Crippen LogP contribution in [0.4, 0.5) is 10.2 Å². The fraction of sp³-hybridized carbons (Fsp3) is 0.185.